The Morgan fingerprint density at radius 3 is 2.88 bits per heavy atom. The molecule has 24 heavy (non-hydrogen) atoms. The molecular weight excluding hydrogens is 312 g/mol. The molecule has 2 aromatic carbocycles. The first-order valence-electron chi connectivity index (χ1n) is 7.43. The van der Waals surface area contributed by atoms with Crippen molar-refractivity contribution in [1.82, 2.24) is 0 Å². The van der Waals surface area contributed by atoms with Gasteiger partial charge in [0.05, 0.1) is 5.69 Å². The number of ether oxygens (including phenoxy) is 3. The Morgan fingerprint density at radius 1 is 1.17 bits per heavy atom. The van der Waals surface area contributed by atoms with Gasteiger partial charge >= 0.3 is 0 Å². The summed E-state index contributed by atoms with van der Waals surface area (Å²) in [5.74, 6) is 1.08. The van der Waals surface area contributed by atoms with Crippen LogP contribution in [0.4, 0.5) is 11.4 Å². The number of fused-ring (bicyclic) bond motifs is 2. The number of nitrogens with one attached hydrogen (secondary N) is 2. The van der Waals surface area contributed by atoms with Gasteiger partial charge in [-0.15, -0.1) is 0 Å². The van der Waals surface area contributed by atoms with Gasteiger partial charge in [0.25, 0.3) is 11.8 Å². The summed E-state index contributed by atoms with van der Waals surface area (Å²) in [5, 5.41) is 5.54. The number of benzene rings is 2. The molecule has 2 heterocycles. The van der Waals surface area contributed by atoms with Crippen molar-refractivity contribution in [2.45, 2.75) is 13.0 Å². The Morgan fingerprint density at radius 2 is 2.00 bits per heavy atom. The lowest BCUT2D eigenvalue weighted by atomic mass is 10.1. The van der Waals surface area contributed by atoms with Gasteiger partial charge in [-0.1, -0.05) is 6.07 Å². The van der Waals surface area contributed by atoms with Gasteiger partial charge in [0.1, 0.15) is 11.4 Å². The zero-order valence-electron chi connectivity index (χ0n) is 12.8. The maximum Gasteiger partial charge on any atom is 0.265 e. The van der Waals surface area contributed by atoms with Crippen molar-refractivity contribution >= 4 is 23.2 Å². The molecule has 0 saturated carbocycles. The van der Waals surface area contributed by atoms with Crippen LogP contribution in [0.1, 0.15) is 17.3 Å². The van der Waals surface area contributed by atoms with Crippen LogP contribution >= 0.6 is 0 Å². The van der Waals surface area contributed by atoms with Crippen LogP contribution in [0.2, 0.25) is 0 Å². The molecule has 2 N–H and O–H groups in total. The Hall–Kier alpha value is -3.22. The van der Waals surface area contributed by atoms with E-state index >= 15 is 0 Å². The van der Waals surface area contributed by atoms with Crippen molar-refractivity contribution in [2.24, 2.45) is 0 Å². The number of anilines is 2. The van der Waals surface area contributed by atoms with E-state index in [2.05, 4.69) is 10.6 Å². The minimum atomic E-state index is -0.572. The van der Waals surface area contributed by atoms with Gasteiger partial charge in [-0.25, -0.2) is 0 Å². The van der Waals surface area contributed by atoms with E-state index in [1.165, 1.54) is 0 Å². The van der Waals surface area contributed by atoms with Crippen molar-refractivity contribution < 1.29 is 23.8 Å². The summed E-state index contributed by atoms with van der Waals surface area (Å²) in [7, 11) is 0. The molecular formula is C17H14N2O5. The van der Waals surface area contributed by atoms with Crippen LogP contribution in [0.3, 0.4) is 0 Å². The molecule has 0 aromatic heterocycles. The molecule has 7 nitrogen and oxygen atoms in total. The average molecular weight is 326 g/mol. The van der Waals surface area contributed by atoms with Gasteiger partial charge in [0.15, 0.2) is 17.6 Å². The largest absolute Gasteiger partial charge is 0.479 e. The Bertz CT molecular complexity index is 849. The first-order valence-corrected chi connectivity index (χ1v) is 7.43. The van der Waals surface area contributed by atoms with Crippen molar-refractivity contribution in [3.05, 3.63) is 42.0 Å². The molecule has 2 aliphatic rings. The molecule has 0 fully saturated rings. The molecule has 0 spiro atoms. The SMILES string of the molecule is CC1Oc2cccc(NC(=O)c3ccc4c(c3)OCO4)c2NC1=O. The van der Waals surface area contributed by atoms with Crippen molar-refractivity contribution in [2.75, 3.05) is 17.4 Å². The van der Waals surface area contributed by atoms with E-state index in [0.717, 1.165) is 0 Å². The van der Waals surface area contributed by atoms with Crippen LogP contribution in [0.25, 0.3) is 0 Å². The summed E-state index contributed by atoms with van der Waals surface area (Å²) in [6, 6.07) is 10.1. The average Bonchev–Trinajstić information content (AvgIpc) is 3.04. The Balaban J connectivity index is 1.61. The van der Waals surface area contributed by atoms with E-state index in [0.29, 0.717) is 34.2 Å². The maximum absolute atomic E-state index is 12.5. The smallest absolute Gasteiger partial charge is 0.265 e. The highest BCUT2D eigenvalue weighted by molar-refractivity contribution is 6.09. The highest BCUT2D eigenvalue weighted by Gasteiger charge is 2.26. The summed E-state index contributed by atoms with van der Waals surface area (Å²) in [6.45, 7) is 1.81. The van der Waals surface area contributed by atoms with Crippen LogP contribution in [-0.4, -0.2) is 24.7 Å². The van der Waals surface area contributed by atoms with E-state index < -0.39 is 6.10 Å². The van der Waals surface area contributed by atoms with Crippen molar-refractivity contribution in [1.29, 1.82) is 0 Å². The van der Waals surface area contributed by atoms with Crippen LogP contribution in [0, 0.1) is 0 Å². The quantitative estimate of drug-likeness (QED) is 0.885. The first kappa shape index (κ1) is 14.4. The third-order valence-corrected chi connectivity index (χ3v) is 3.83. The summed E-state index contributed by atoms with van der Waals surface area (Å²) in [6.07, 6.45) is -0.572. The normalized spacial score (nSPS) is 17.5. The molecule has 0 aliphatic carbocycles. The fourth-order valence-corrected chi connectivity index (χ4v) is 2.56. The lowest BCUT2D eigenvalue weighted by Gasteiger charge is -2.25. The zero-order chi connectivity index (χ0) is 16.7. The predicted molar refractivity (Wildman–Crippen MR) is 85.7 cm³/mol. The maximum atomic E-state index is 12.5. The molecule has 2 aliphatic heterocycles. The molecule has 2 amide bonds. The van der Waals surface area contributed by atoms with Gasteiger partial charge in [0.2, 0.25) is 6.79 Å². The summed E-state index contributed by atoms with van der Waals surface area (Å²) in [4.78, 5) is 24.3. The van der Waals surface area contributed by atoms with Crippen LogP contribution in [-0.2, 0) is 4.79 Å². The molecule has 0 radical (unpaired) electrons. The number of carbonyl (C=O) groups is 2. The predicted octanol–water partition coefficient (Wildman–Crippen LogP) is 2.39. The van der Waals surface area contributed by atoms with E-state index in [9.17, 15) is 9.59 Å². The van der Waals surface area contributed by atoms with E-state index in [1.807, 2.05) is 0 Å². The first-order chi connectivity index (χ1) is 11.6. The lowest BCUT2D eigenvalue weighted by molar-refractivity contribution is -0.122. The highest BCUT2D eigenvalue weighted by Crippen LogP contribution is 2.37. The van der Waals surface area contributed by atoms with Gasteiger partial charge in [-0.2, -0.15) is 0 Å². The summed E-state index contributed by atoms with van der Waals surface area (Å²) >= 11 is 0. The lowest BCUT2D eigenvalue weighted by Crippen LogP contribution is -2.34. The van der Waals surface area contributed by atoms with Crippen molar-refractivity contribution in [3.8, 4) is 17.2 Å². The Kier molecular flexibility index (Phi) is 3.26. The van der Waals surface area contributed by atoms with Crippen molar-refractivity contribution in [3.63, 3.8) is 0 Å². The molecule has 4 rings (SSSR count). The molecule has 2 aromatic rings. The summed E-state index contributed by atoms with van der Waals surface area (Å²) in [5.41, 5.74) is 1.35. The minimum Gasteiger partial charge on any atom is -0.479 e. The monoisotopic (exact) mass is 326 g/mol. The highest BCUT2D eigenvalue weighted by atomic mass is 16.7. The fourth-order valence-electron chi connectivity index (χ4n) is 2.56. The second-order valence-corrected chi connectivity index (χ2v) is 5.45. The standard InChI is InChI=1S/C17H14N2O5/c1-9-16(20)19-15-11(3-2-4-13(15)24-9)18-17(21)10-5-6-12-14(7-10)23-8-22-12/h2-7,9H,8H2,1H3,(H,18,21)(H,19,20). The number of hydrogen-bond acceptors (Lipinski definition) is 5. The number of para-hydroxylation sites is 1. The minimum absolute atomic E-state index is 0.147. The third-order valence-electron chi connectivity index (χ3n) is 3.83. The van der Waals surface area contributed by atoms with Crippen LogP contribution in [0.5, 0.6) is 17.2 Å². The van der Waals surface area contributed by atoms with Crippen LogP contribution in [0.15, 0.2) is 36.4 Å². The molecule has 7 heteroatoms. The van der Waals surface area contributed by atoms with E-state index in [-0.39, 0.29) is 18.6 Å². The van der Waals surface area contributed by atoms with Gasteiger partial charge in [-0.3, -0.25) is 9.59 Å². The zero-order valence-corrected chi connectivity index (χ0v) is 12.8. The molecule has 1 atom stereocenters. The topological polar surface area (TPSA) is 85.9 Å². The fraction of sp³-hybridized carbons (Fsp3) is 0.176. The van der Waals surface area contributed by atoms with E-state index in [4.69, 9.17) is 14.2 Å². The molecule has 0 saturated heterocycles. The number of rotatable bonds is 2. The number of hydrogen-bond donors (Lipinski definition) is 2. The van der Waals surface area contributed by atoms with Gasteiger partial charge < -0.3 is 24.8 Å². The summed E-state index contributed by atoms with van der Waals surface area (Å²) < 4.78 is 16.0. The number of carbonyl (C=O) groups excluding carboxylic acids is 2. The molecule has 1 unspecified atom stereocenters. The molecule has 122 valence electrons. The second kappa shape index (κ2) is 5.45. The number of amides is 2. The molecule has 0 bridgehead atoms. The Labute approximate surface area is 137 Å². The van der Waals surface area contributed by atoms with Crippen LogP contribution < -0.4 is 24.8 Å². The second-order valence-electron chi connectivity index (χ2n) is 5.45. The van der Waals surface area contributed by atoms with Gasteiger partial charge in [0, 0.05) is 5.56 Å². The third kappa shape index (κ3) is 2.40. The van der Waals surface area contributed by atoms with E-state index in [1.54, 1.807) is 43.3 Å². The van der Waals surface area contributed by atoms with Gasteiger partial charge in [-0.05, 0) is 37.3 Å².